The van der Waals surface area contributed by atoms with Crippen LogP contribution >= 0.6 is 0 Å². The Balaban J connectivity index is 1.83. The lowest BCUT2D eigenvalue weighted by Crippen LogP contribution is -2.45. The molecule has 1 aromatic carbocycles. The van der Waals surface area contributed by atoms with E-state index in [9.17, 15) is 0 Å². The molecule has 0 radical (unpaired) electrons. The molecule has 0 amide bonds. The van der Waals surface area contributed by atoms with Gasteiger partial charge in [-0.1, -0.05) is 51.1 Å². The van der Waals surface area contributed by atoms with Gasteiger partial charge in [0, 0.05) is 6.54 Å². The van der Waals surface area contributed by atoms with Gasteiger partial charge in [-0.25, -0.2) is 0 Å². The maximum Gasteiger partial charge on any atom is 0.0804 e. The Labute approximate surface area is 130 Å². The molecular weight excluding hydrogens is 258 g/mol. The summed E-state index contributed by atoms with van der Waals surface area (Å²) in [6, 6.07) is 10.6. The first kappa shape index (κ1) is 16.5. The third kappa shape index (κ3) is 4.55. The highest BCUT2D eigenvalue weighted by Gasteiger charge is 2.38. The van der Waals surface area contributed by atoms with Gasteiger partial charge in [-0.15, -0.1) is 0 Å². The predicted octanol–water partition coefficient (Wildman–Crippen LogP) is 4.18. The van der Waals surface area contributed by atoms with Crippen molar-refractivity contribution in [2.75, 3.05) is 13.2 Å². The molecule has 2 N–H and O–H groups in total. The standard InChI is InChI=1S/C19H31NO/c1-18(2,3)17-9-12-19(15-20,13-10-17)21-14-11-16-7-5-4-6-8-16/h4-8,17H,9-15,20H2,1-3H3. The van der Waals surface area contributed by atoms with Gasteiger partial charge in [-0.3, -0.25) is 0 Å². The van der Waals surface area contributed by atoms with E-state index < -0.39 is 0 Å². The molecule has 1 aliphatic carbocycles. The maximum absolute atomic E-state index is 6.26. The number of nitrogens with two attached hydrogens (primary N) is 1. The molecule has 2 rings (SSSR count). The topological polar surface area (TPSA) is 35.2 Å². The van der Waals surface area contributed by atoms with Gasteiger partial charge in [0.05, 0.1) is 12.2 Å². The largest absolute Gasteiger partial charge is 0.373 e. The highest BCUT2D eigenvalue weighted by molar-refractivity contribution is 5.14. The maximum atomic E-state index is 6.26. The van der Waals surface area contributed by atoms with Gasteiger partial charge in [-0.2, -0.15) is 0 Å². The van der Waals surface area contributed by atoms with Gasteiger partial charge in [0.2, 0.25) is 0 Å². The van der Waals surface area contributed by atoms with Crippen molar-refractivity contribution in [2.24, 2.45) is 17.1 Å². The number of hydrogen-bond donors (Lipinski definition) is 1. The molecule has 0 bridgehead atoms. The quantitative estimate of drug-likeness (QED) is 0.882. The first-order valence-corrected chi connectivity index (χ1v) is 8.33. The van der Waals surface area contributed by atoms with Crippen LogP contribution in [0.1, 0.15) is 52.0 Å². The Morgan fingerprint density at radius 2 is 1.76 bits per heavy atom. The average Bonchev–Trinajstić information content (AvgIpc) is 2.48. The predicted molar refractivity (Wildman–Crippen MR) is 89.3 cm³/mol. The number of rotatable bonds is 5. The molecule has 21 heavy (non-hydrogen) atoms. The summed E-state index contributed by atoms with van der Waals surface area (Å²) in [5.41, 5.74) is 7.72. The van der Waals surface area contributed by atoms with Crippen molar-refractivity contribution >= 4 is 0 Å². The lowest BCUT2D eigenvalue weighted by Gasteiger charge is -2.43. The summed E-state index contributed by atoms with van der Waals surface area (Å²) in [5, 5.41) is 0. The van der Waals surface area contributed by atoms with E-state index in [-0.39, 0.29) is 5.60 Å². The van der Waals surface area contributed by atoms with E-state index in [1.807, 2.05) is 0 Å². The monoisotopic (exact) mass is 289 g/mol. The second-order valence-electron chi connectivity index (χ2n) is 7.61. The van der Waals surface area contributed by atoms with Gasteiger partial charge in [0.25, 0.3) is 0 Å². The van der Waals surface area contributed by atoms with Crippen molar-refractivity contribution in [1.29, 1.82) is 0 Å². The molecule has 0 aromatic heterocycles. The lowest BCUT2D eigenvalue weighted by atomic mass is 9.68. The smallest absolute Gasteiger partial charge is 0.0804 e. The minimum Gasteiger partial charge on any atom is -0.373 e. The molecular formula is C19H31NO. The van der Waals surface area contributed by atoms with Crippen LogP contribution in [0.25, 0.3) is 0 Å². The van der Waals surface area contributed by atoms with Crippen molar-refractivity contribution < 1.29 is 4.74 Å². The fourth-order valence-corrected chi connectivity index (χ4v) is 3.45. The van der Waals surface area contributed by atoms with E-state index in [0.29, 0.717) is 12.0 Å². The van der Waals surface area contributed by atoms with Crippen LogP contribution < -0.4 is 5.73 Å². The molecule has 0 unspecified atom stereocenters. The molecule has 0 atom stereocenters. The molecule has 1 saturated carbocycles. The number of hydrogen-bond acceptors (Lipinski definition) is 2. The first-order chi connectivity index (χ1) is 9.95. The molecule has 118 valence electrons. The minimum absolute atomic E-state index is 0.0729. The van der Waals surface area contributed by atoms with Gasteiger partial charge >= 0.3 is 0 Å². The SMILES string of the molecule is CC(C)(C)C1CCC(CN)(OCCc2ccccc2)CC1. The number of ether oxygens (including phenoxy) is 1. The minimum atomic E-state index is -0.0729. The van der Waals surface area contributed by atoms with E-state index in [0.717, 1.165) is 31.8 Å². The summed E-state index contributed by atoms with van der Waals surface area (Å²) in [6.45, 7) is 8.48. The van der Waals surface area contributed by atoms with Gasteiger partial charge < -0.3 is 10.5 Å². The normalized spacial score (nSPS) is 26.8. The van der Waals surface area contributed by atoms with E-state index in [2.05, 4.69) is 51.1 Å². The highest BCUT2D eigenvalue weighted by atomic mass is 16.5. The molecule has 0 spiro atoms. The van der Waals surface area contributed by atoms with Crippen molar-refractivity contribution in [3.63, 3.8) is 0 Å². The fraction of sp³-hybridized carbons (Fsp3) is 0.684. The van der Waals surface area contributed by atoms with Crippen LogP contribution in [-0.4, -0.2) is 18.8 Å². The van der Waals surface area contributed by atoms with Gasteiger partial charge in [-0.05, 0) is 49.0 Å². The molecule has 1 aromatic rings. The molecule has 2 heteroatoms. The summed E-state index contributed by atoms with van der Waals surface area (Å²) in [6.07, 6.45) is 5.68. The summed E-state index contributed by atoms with van der Waals surface area (Å²) in [5.74, 6) is 0.801. The van der Waals surface area contributed by atoms with Crippen LogP contribution in [0.5, 0.6) is 0 Å². The second kappa shape index (κ2) is 6.93. The summed E-state index contributed by atoms with van der Waals surface area (Å²) >= 11 is 0. The Hall–Kier alpha value is -0.860. The molecule has 1 aliphatic rings. The summed E-state index contributed by atoms with van der Waals surface area (Å²) in [7, 11) is 0. The van der Waals surface area contributed by atoms with E-state index in [1.54, 1.807) is 0 Å². The Kier molecular flexibility index (Phi) is 5.45. The van der Waals surface area contributed by atoms with E-state index >= 15 is 0 Å². The van der Waals surface area contributed by atoms with Crippen LogP contribution in [0.2, 0.25) is 0 Å². The third-order valence-corrected chi connectivity index (χ3v) is 5.14. The molecule has 0 heterocycles. The van der Waals surface area contributed by atoms with Crippen LogP contribution in [0.3, 0.4) is 0 Å². The van der Waals surface area contributed by atoms with Crippen molar-refractivity contribution in [1.82, 2.24) is 0 Å². The molecule has 0 aliphatic heterocycles. The van der Waals surface area contributed by atoms with Crippen molar-refractivity contribution in [3.8, 4) is 0 Å². The fourth-order valence-electron chi connectivity index (χ4n) is 3.45. The first-order valence-electron chi connectivity index (χ1n) is 8.33. The Bertz CT molecular complexity index is 413. The van der Waals surface area contributed by atoms with Crippen LogP contribution in [0, 0.1) is 11.3 Å². The highest BCUT2D eigenvalue weighted by Crippen LogP contribution is 2.42. The van der Waals surface area contributed by atoms with Crippen LogP contribution in [0.15, 0.2) is 30.3 Å². The molecule has 0 saturated heterocycles. The molecule has 1 fully saturated rings. The lowest BCUT2D eigenvalue weighted by molar-refractivity contribution is -0.0785. The summed E-state index contributed by atoms with van der Waals surface area (Å²) < 4.78 is 6.26. The van der Waals surface area contributed by atoms with E-state index in [1.165, 1.54) is 18.4 Å². The van der Waals surface area contributed by atoms with Gasteiger partial charge in [0.15, 0.2) is 0 Å². The Morgan fingerprint density at radius 1 is 1.14 bits per heavy atom. The summed E-state index contributed by atoms with van der Waals surface area (Å²) in [4.78, 5) is 0. The molecule has 2 nitrogen and oxygen atoms in total. The van der Waals surface area contributed by atoms with Crippen molar-refractivity contribution in [2.45, 2.75) is 58.5 Å². The zero-order valence-corrected chi connectivity index (χ0v) is 13.9. The Morgan fingerprint density at radius 3 is 2.29 bits per heavy atom. The second-order valence-corrected chi connectivity index (χ2v) is 7.61. The zero-order valence-electron chi connectivity index (χ0n) is 13.9. The van der Waals surface area contributed by atoms with Crippen LogP contribution in [-0.2, 0) is 11.2 Å². The van der Waals surface area contributed by atoms with Gasteiger partial charge in [0.1, 0.15) is 0 Å². The average molecular weight is 289 g/mol. The van der Waals surface area contributed by atoms with Crippen molar-refractivity contribution in [3.05, 3.63) is 35.9 Å². The van der Waals surface area contributed by atoms with E-state index in [4.69, 9.17) is 10.5 Å². The zero-order chi connectivity index (χ0) is 15.3. The van der Waals surface area contributed by atoms with Crippen LogP contribution in [0.4, 0.5) is 0 Å². The third-order valence-electron chi connectivity index (χ3n) is 5.14. The number of benzene rings is 1.